The highest BCUT2D eigenvalue weighted by Gasteiger charge is 2.60. The Morgan fingerprint density at radius 1 is 1.00 bits per heavy atom. The summed E-state index contributed by atoms with van der Waals surface area (Å²) in [4.78, 5) is 4.33. The van der Waals surface area contributed by atoms with Gasteiger partial charge in [-0.25, -0.2) is 0 Å². The SMILES string of the molecule is CC12CCC3C=C4CCC(O)CC4CC[C@]3(O)C1CCC2c1ccc2ccncc2c1. The van der Waals surface area contributed by atoms with Gasteiger partial charge in [0, 0.05) is 23.7 Å². The smallest absolute Gasteiger partial charge is 0.0743 e. The van der Waals surface area contributed by atoms with Crippen molar-refractivity contribution in [2.45, 2.75) is 82.3 Å². The third-order valence-corrected chi connectivity index (χ3v) is 9.80. The number of fused-ring (bicyclic) bond motifs is 5. The number of aliphatic hydroxyl groups is 2. The second-order valence-electron chi connectivity index (χ2n) is 11.2. The van der Waals surface area contributed by atoms with Gasteiger partial charge in [0.25, 0.3) is 0 Å². The van der Waals surface area contributed by atoms with Gasteiger partial charge in [-0.3, -0.25) is 4.98 Å². The Balaban J connectivity index is 1.33. The Bertz CT molecular complexity index is 1030. The summed E-state index contributed by atoms with van der Waals surface area (Å²) in [6.45, 7) is 2.46. The lowest BCUT2D eigenvalue weighted by atomic mass is 9.54. The summed E-state index contributed by atoms with van der Waals surface area (Å²) in [6.07, 6.45) is 15.5. The van der Waals surface area contributed by atoms with Crippen LogP contribution in [-0.4, -0.2) is 26.9 Å². The fourth-order valence-electron chi connectivity index (χ4n) is 8.16. The van der Waals surface area contributed by atoms with Crippen molar-refractivity contribution in [1.82, 2.24) is 4.98 Å². The third kappa shape index (κ3) is 3.03. The Morgan fingerprint density at radius 3 is 2.81 bits per heavy atom. The topological polar surface area (TPSA) is 53.4 Å². The lowest BCUT2D eigenvalue weighted by Gasteiger charge is -2.53. The first-order valence-corrected chi connectivity index (χ1v) is 12.4. The van der Waals surface area contributed by atoms with Gasteiger partial charge in [0.2, 0.25) is 0 Å². The minimum Gasteiger partial charge on any atom is -0.393 e. The molecule has 0 radical (unpaired) electrons. The Kier molecular flexibility index (Phi) is 4.60. The van der Waals surface area contributed by atoms with Crippen molar-refractivity contribution in [2.24, 2.45) is 23.2 Å². The molecule has 164 valence electrons. The molecule has 3 nitrogen and oxygen atoms in total. The largest absolute Gasteiger partial charge is 0.393 e. The van der Waals surface area contributed by atoms with E-state index in [2.05, 4.69) is 42.2 Å². The van der Waals surface area contributed by atoms with Crippen LogP contribution in [-0.2, 0) is 0 Å². The van der Waals surface area contributed by atoms with Gasteiger partial charge in [-0.15, -0.1) is 0 Å². The molecule has 4 aliphatic rings. The summed E-state index contributed by atoms with van der Waals surface area (Å²) in [7, 11) is 0. The van der Waals surface area contributed by atoms with E-state index in [4.69, 9.17) is 0 Å². The average molecular weight is 418 g/mol. The number of aliphatic hydroxyl groups excluding tert-OH is 1. The molecule has 0 amide bonds. The van der Waals surface area contributed by atoms with Crippen LogP contribution in [0.4, 0.5) is 0 Å². The molecule has 3 heteroatoms. The predicted octanol–water partition coefficient (Wildman–Crippen LogP) is 5.76. The number of allylic oxidation sites excluding steroid dienone is 1. The number of rotatable bonds is 1. The summed E-state index contributed by atoms with van der Waals surface area (Å²) in [5, 5.41) is 24.9. The van der Waals surface area contributed by atoms with Crippen LogP contribution in [0.3, 0.4) is 0 Å². The summed E-state index contributed by atoms with van der Waals surface area (Å²) in [5.74, 6) is 1.64. The van der Waals surface area contributed by atoms with Crippen LogP contribution in [0.5, 0.6) is 0 Å². The Morgan fingerprint density at radius 2 is 1.90 bits per heavy atom. The maximum absolute atomic E-state index is 12.2. The first-order chi connectivity index (χ1) is 15.0. The van der Waals surface area contributed by atoms with Crippen LogP contribution in [0.2, 0.25) is 0 Å². The van der Waals surface area contributed by atoms with Crippen molar-refractivity contribution in [2.75, 3.05) is 0 Å². The van der Waals surface area contributed by atoms with Gasteiger partial charge in [0.15, 0.2) is 0 Å². The number of benzene rings is 1. The first-order valence-electron chi connectivity index (χ1n) is 12.4. The summed E-state index contributed by atoms with van der Waals surface area (Å²) >= 11 is 0. The number of nitrogens with zero attached hydrogens (tertiary/aromatic N) is 1. The molecule has 1 aromatic heterocycles. The molecule has 4 aliphatic carbocycles. The van der Waals surface area contributed by atoms with E-state index in [-0.39, 0.29) is 11.5 Å². The van der Waals surface area contributed by atoms with Crippen LogP contribution >= 0.6 is 0 Å². The zero-order valence-corrected chi connectivity index (χ0v) is 18.6. The molecule has 6 rings (SSSR count). The van der Waals surface area contributed by atoms with Crippen LogP contribution in [0.15, 0.2) is 48.3 Å². The molecular weight excluding hydrogens is 382 g/mol. The highest BCUT2D eigenvalue weighted by molar-refractivity contribution is 5.82. The van der Waals surface area contributed by atoms with Gasteiger partial charge in [0.1, 0.15) is 0 Å². The number of hydrogen-bond acceptors (Lipinski definition) is 3. The predicted molar refractivity (Wildman–Crippen MR) is 124 cm³/mol. The standard InChI is InChI=1S/C28H35NO2/c1-27-11-9-23-15-19-4-5-24(30)16-20(19)8-12-28(23,31)26(27)7-6-25(27)21-3-2-18-10-13-29-17-22(18)14-21/h2-3,10,13-15,17,20,23-26,30-31H,4-9,11-12,16H2,1H3/t20?,23?,24?,25?,26?,27?,28-/m1/s1. The van der Waals surface area contributed by atoms with Gasteiger partial charge in [0.05, 0.1) is 11.7 Å². The van der Waals surface area contributed by atoms with Crippen LogP contribution in [0.1, 0.15) is 76.2 Å². The summed E-state index contributed by atoms with van der Waals surface area (Å²) in [5.41, 5.74) is 2.52. The molecule has 1 heterocycles. The highest BCUT2D eigenvalue weighted by Crippen LogP contribution is 2.65. The number of pyridine rings is 1. The molecule has 1 aromatic carbocycles. The molecule has 7 atom stereocenters. The van der Waals surface area contributed by atoms with Crippen molar-refractivity contribution in [3.05, 3.63) is 53.9 Å². The Hall–Kier alpha value is -1.71. The molecule has 2 N–H and O–H groups in total. The van der Waals surface area contributed by atoms with E-state index in [0.29, 0.717) is 23.7 Å². The van der Waals surface area contributed by atoms with E-state index in [9.17, 15) is 10.2 Å². The minimum atomic E-state index is -0.588. The van der Waals surface area contributed by atoms with Crippen molar-refractivity contribution < 1.29 is 10.2 Å². The van der Waals surface area contributed by atoms with Crippen LogP contribution < -0.4 is 0 Å². The van der Waals surface area contributed by atoms with Crippen molar-refractivity contribution in [3.63, 3.8) is 0 Å². The van der Waals surface area contributed by atoms with E-state index in [1.165, 1.54) is 34.8 Å². The van der Waals surface area contributed by atoms with Gasteiger partial charge in [-0.2, -0.15) is 0 Å². The fraction of sp³-hybridized carbons (Fsp3) is 0.607. The highest BCUT2D eigenvalue weighted by atomic mass is 16.3. The van der Waals surface area contributed by atoms with E-state index in [1.54, 1.807) is 0 Å². The van der Waals surface area contributed by atoms with Gasteiger partial charge < -0.3 is 10.2 Å². The van der Waals surface area contributed by atoms with Crippen LogP contribution in [0.25, 0.3) is 10.8 Å². The maximum Gasteiger partial charge on any atom is 0.0743 e. The monoisotopic (exact) mass is 417 g/mol. The van der Waals surface area contributed by atoms with E-state index < -0.39 is 5.60 Å². The molecule has 6 unspecified atom stereocenters. The molecule has 3 fully saturated rings. The summed E-state index contributed by atoms with van der Waals surface area (Å²) in [6, 6.07) is 9.00. The lowest BCUT2D eigenvalue weighted by molar-refractivity contribution is -0.130. The van der Waals surface area contributed by atoms with E-state index >= 15 is 0 Å². The fourth-order valence-corrected chi connectivity index (χ4v) is 8.16. The van der Waals surface area contributed by atoms with E-state index in [0.717, 1.165) is 44.9 Å². The normalized spacial score (nSPS) is 42.3. The lowest BCUT2D eigenvalue weighted by Crippen LogP contribution is -2.53. The van der Waals surface area contributed by atoms with Crippen molar-refractivity contribution in [1.29, 1.82) is 0 Å². The molecule has 3 saturated carbocycles. The summed E-state index contributed by atoms with van der Waals surface area (Å²) < 4.78 is 0. The van der Waals surface area contributed by atoms with E-state index in [1.807, 2.05) is 12.4 Å². The minimum absolute atomic E-state index is 0.147. The molecule has 0 saturated heterocycles. The number of hydrogen-bond donors (Lipinski definition) is 2. The molecule has 2 aromatic rings. The number of aromatic nitrogens is 1. The zero-order chi connectivity index (χ0) is 21.2. The van der Waals surface area contributed by atoms with Gasteiger partial charge >= 0.3 is 0 Å². The second kappa shape index (κ2) is 7.15. The average Bonchev–Trinajstić information content (AvgIpc) is 3.06. The van der Waals surface area contributed by atoms with Crippen molar-refractivity contribution >= 4 is 10.8 Å². The van der Waals surface area contributed by atoms with Crippen LogP contribution in [0, 0.1) is 23.2 Å². The molecule has 0 aliphatic heterocycles. The molecule has 0 spiro atoms. The molecule has 0 bridgehead atoms. The van der Waals surface area contributed by atoms with Gasteiger partial charge in [-0.1, -0.05) is 30.7 Å². The molecule has 31 heavy (non-hydrogen) atoms. The molecular formula is C28H35NO2. The van der Waals surface area contributed by atoms with Crippen molar-refractivity contribution in [3.8, 4) is 0 Å². The zero-order valence-electron chi connectivity index (χ0n) is 18.6. The third-order valence-electron chi connectivity index (χ3n) is 9.80. The quantitative estimate of drug-likeness (QED) is 0.580. The Labute approximate surface area is 185 Å². The second-order valence-corrected chi connectivity index (χ2v) is 11.2. The van der Waals surface area contributed by atoms with Gasteiger partial charge in [-0.05, 0) is 104 Å². The maximum atomic E-state index is 12.2. The first kappa shape index (κ1) is 19.9.